The maximum atomic E-state index is 13.3. The SMILES string of the molecule is O=C(Nc1nc2ccc(C3(O)c4ccccc4C(=O)N3Cc3ccccc3)cc2[nH]1)OCCF.O=C(O)Nc1nc2ccc(C3(O)c4ccccc4C(=O)N3Cc3ccccc3)cc2[nH]1. The van der Waals surface area contributed by atoms with Gasteiger partial charge < -0.3 is 30.0 Å². The minimum Gasteiger partial charge on any atom is -0.465 e. The summed E-state index contributed by atoms with van der Waals surface area (Å²) in [5.41, 5.74) is 3.28. The fourth-order valence-electron chi connectivity index (χ4n) is 8.29. The van der Waals surface area contributed by atoms with Gasteiger partial charge in [-0.05, 0) is 47.5 Å². The number of hydrogen-bond donors (Lipinski definition) is 7. The van der Waals surface area contributed by atoms with Gasteiger partial charge in [-0.2, -0.15) is 0 Å². The Morgan fingerprint density at radius 3 is 1.49 bits per heavy atom. The van der Waals surface area contributed by atoms with E-state index in [0.29, 0.717) is 55.4 Å². The molecule has 0 radical (unpaired) electrons. The van der Waals surface area contributed by atoms with E-state index in [-0.39, 0.29) is 43.4 Å². The second-order valence-electron chi connectivity index (χ2n) is 15.2. The molecule has 0 bridgehead atoms. The van der Waals surface area contributed by atoms with Crippen molar-refractivity contribution >= 4 is 58.0 Å². The number of nitrogens with zero attached hydrogens (tertiary/aromatic N) is 4. The maximum absolute atomic E-state index is 13.3. The molecule has 2 aliphatic rings. The average Bonchev–Trinajstić information content (AvgIpc) is 4.03. The molecule has 2 aliphatic heterocycles. The van der Waals surface area contributed by atoms with Crippen LogP contribution < -0.4 is 10.6 Å². The molecule has 7 N–H and O–H groups in total. The quantitative estimate of drug-likeness (QED) is 0.0719. The van der Waals surface area contributed by atoms with Crippen LogP contribution in [0.3, 0.4) is 0 Å². The third-order valence-corrected chi connectivity index (χ3v) is 11.2. The molecule has 0 aliphatic carbocycles. The molecule has 0 fully saturated rings. The molecule has 10 rings (SSSR count). The lowest BCUT2D eigenvalue weighted by Crippen LogP contribution is -2.44. The van der Waals surface area contributed by atoms with Crippen molar-refractivity contribution in [1.82, 2.24) is 29.7 Å². The highest BCUT2D eigenvalue weighted by Crippen LogP contribution is 2.45. The van der Waals surface area contributed by atoms with Gasteiger partial charge in [-0.1, -0.05) is 109 Å². The summed E-state index contributed by atoms with van der Waals surface area (Å²) < 4.78 is 16.9. The molecule has 4 heterocycles. The van der Waals surface area contributed by atoms with Gasteiger partial charge in [0.15, 0.2) is 11.4 Å². The first-order valence-electron chi connectivity index (χ1n) is 20.3. The lowest BCUT2D eigenvalue weighted by Gasteiger charge is -2.35. The van der Waals surface area contributed by atoms with Crippen LogP contribution in [0.1, 0.15) is 54.1 Å². The second-order valence-corrected chi connectivity index (χ2v) is 15.2. The zero-order valence-electron chi connectivity index (χ0n) is 34.2. The van der Waals surface area contributed by atoms with Crippen molar-refractivity contribution in [2.75, 3.05) is 23.9 Å². The number of imidazole rings is 2. The van der Waals surface area contributed by atoms with Crippen LogP contribution in [-0.2, 0) is 29.3 Å². The molecule has 0 saturated carbocycles. The van der Waals surface area contributed by atoms with Gasteiger partial charge in [0, 0.05) is 46.5 Å². The van der Waals surface area contributed by atoms with Gasteiger partial charge >= 0.3 is 12.2 Å². The first-order valence-corrected chi connectivity index (χ1v) is 20.3. The van der Waals surface area contributed by atoms with Crippen LogP contribution >= 0.6 is 0 Å². The number of hydrogen-bond acceptors (Lipinski definition) is 9. The molecular formula is C48H39FN8O8. The Labute approximate surface area is 369 Å². The van der Waals surface area contributed by atoms with Crippen LogP contribution in [0.25, 0.3) is 22.1 Å². The van der Waals surface area contributed by atoms with Crippen molar-refractivity contribution in [2.24, 2.45) is 0 Å². The molecule has 65 heavy (non-hydrogen) atoms. The van der Waals surface area contributed by atoms with Gasteiger partial charge in [-0.25, -0.2) is 23.9 Å². The topological polar surface area (TPSA) is 226 Å². The molecule has 326 valence electrons. The van der Waals surface area contributed by atoms with Crippen LogP contribution in [-0.4, -0.2) is 82.3 Å². The van der Waals surface area contributed by atoms with Crippen molar-refractivity contribution in [1.29, 1.82) is 0 Å². The van der Waals surface area contributed by atoms with Gasteiger partial charge in [0.05, 0.1) is 22.1 Å². The number of nitrogens with one attached hydrogen (secondary N) is 4. The minimum absolute atomic E-state index is 0.0793. The Morgan fingerprint density at radius 1 is 0.615 bits per heavy atom. The maximum Gasteiger partial charge on any atom is 0.414 e. The summed E-state index contributed by atoms with van der Waals surface area (Å²) in [6.07, 6.45) is -2.07. The van der Waals surface area contributed by atoms with Crippen molar-refractivity contribution in [3.05, 3.63) is 190 Å². The van der Waals surface area contributed by atoms with E-state index in [4.69, 9.17) is 5.11 Å². The number of amides is 4. The predicted molar refractivity (Wildman–Crippen MR) is 236 cm³/mol. The molecule has 16 nitrogen and oxygen atoms in total. The largest absolute Gasteiger partial charge is 0.465 e. The van der Waals surface area contributed by atoms with Crippen LogP contribution in [0.4, 0.5) is 25.9 Å². The summed E-state index contributed by atoms with van der Waals surface area (Å²) in [5, 5.41) is 37.5. The van der Waals surface area contributed by atoms with Crippen LogP contribution in [0.5, 0.6) is 0 Å². The number of carbonyl (C=O) groups excluding carboxylic acids is 3. The van der Waals surface area contributed by atoms with Crippen molar-refractivity contribution < 1.29 is 43.6 Å². The average molecular weight is 875 g/mol. The van der Waals surface area contributed by atoms with Crippen molar-refractivity contribution in [2.45, 2.75) is 24.5 Å². The summed E-state index contributed by atoms with van der Waals surface area (Å²) >= 11 is 0. The molecule has 17 heteroatoms. The summed E-state index contributed by atoms with van der Waals surface area (Å²) in [4.78, 5) is 66.4. The van der Waals surface area contributed by atoms with E-state index >= 15 is 0 Å². The molecule has 2 unspecified atom stereocenters. The van der Waals surface area contributed by atoms with E-state index in [1.54, 1.807) is 84.9 Å². The highest BCUT2D eigenvalue weighted by molar-refractivity contribution is 6.01. The number of rotatable bonds is 10. The Morgan fingerprint density at radius 2 is 1.05 bits per heavy atom. The lowest BCUT2D eigenvalue weighted by molar-refractivity contribution is -0.0548. The normalized spacial score (nSPS) is 17.4. The van der Waals surface area contributed by atoms with E-state index in [1.165, 1.54) is 9.80 Å². The van der Waals surface area contributed by atoms with Gasteiger partial charge in [-0.15, -0.1) is 0 Å². The molecule has 4 amide bonds. The van der Waals surface area contributed by atoms with E-state index in [9.17, 15) is 33.8 Å². The third-order valence-electron chi connectivity index (χ3n) is 11.2. The Hall–Kier alpha value is -8.41. The number of ether oxygens (including phenoxy) is 1. The first-order chi connectivity index (χ1) is 31.5. The Bertz CT molecular complexity index is 3110. The zero-order chi connectivity index (χ0) is 45.3. The zero-order valence-corrected chi connectivity index (χ0v) is 34.2. The van der Waals surface area contributed by atoms with Crippen LogP contribution in [0, 0.1) is 0 Å². The second kappa shape index (κ2) is 17.0. The fourth-order valence-corrected chi connectivity index (χ4v) is 8.29. The standard InChI is InChI=1S/C25H21FN4O4.C23H18N4O4/c26-12-13-34-24(32)29-23-27-20-11-10-17(14-21(20)28-23)25(33)19-9-5-4-8-18(19)22(31)30(25)15-16-6-2-1-3-7-16;28-20-16-8-4-5-9-17(16)23(31,27(20)13-14-6-2-1-3-7-14)15-10-11-18-19(12-15)25-21(24-18)26-22(29)30/h1-11,14,33H,12-13,15H2,(H2,27,28,29,32);1-12,31H,13H2,(H,29,30)(H2,24,25,26). The number of anilines is 2. The summed E-state index contributed by atoms with van der Waals surface area (Å²) in [6.45, 7) is -0.708. The highest BCUT2D eigenvalue weighted by Gasteiger charge is 2.51. The number of H-pyrrole nitrogens is 2. The third kappa shape index (κ3) is 7.74. The number of aromatic amines is 2. The van der Waals surface area contributed by atoms with E-state index in [1.807, 2.05) is 60.7 Å². The lowest BCUT2D eigenvalue weighted by atomic mass is 9.93. The summed E-state index contributed by atoms with van der Waals surface area (Å²) in [7, 11) is 0. The minimum atomic E-state index is -1.71. The number of halogens is 1. The number of aliphatic hydroxyl groups is 2. The Kier molecular flexibility index (Phi) is 11.0. The van der Waals surface area contributed by atoms with Crippen LogP contribution in [0.15, 0.2) is 146 Å². The van der Waals surface area contributed by atoms with Crippen LogP contribution in [0.2, 0.25) is 0 Å². The van der Waals surface area contributed by atoms with E-state index in [2.05, 4.69) is 35.3 Å². The fraction of sp³-hybridized carbons (Fsp3) is 0.125. The highest BCUT2D eigenvalue weighted by atomic mass is 19.1. The molecule has 8 aromatic rings. The number of fused-ring (bicyclic) bond motifs is 4. The van der Waals surface area contributed by atoms with Gasteiger partial charge in [0.1, 0.15) is 13.3 Å². The molecule has 6 aromatic carbocycles. The first kappa shape index (κ1) is 41.9. The van der Waals surface area contributed by atoms with Crippen molar-refractivity contribution in [3.8, 4) is 0 Å². The summed E-state index contributed by atoms with van der Waals surface area (Å²) in [5.74, 6) is -0.341. The van der Waals surface area contributed by atoms with E-state index in [0.717, 1.165) is 11.1 Å². The van der Waals surface area contributed by atoms with Gasteiger partial charge in [0.2, 0.25) is 11.9 Å². The van der Waals surface area contributed by atoms with Crippen molar-refractivity contribution in [3.63, 3.8) is 0 Å². The number of carbonyl (C=O) groups is 4. The molecule has 0 saturated heterocycles. The van der Waals surface area contributed by atoms with Gasteiger partial charge in [0.25, 0.3) is 11.8 Å². The number of aromatic nitrogens is 4. The molecule has 0 spiro atoms. The summed E-state index contributed by atoms with van der Waals surface area (Å²) in [6, 6.07) is 43.0. The number of alkyl halides is 1. The molecule has 2 atom stereocenters. The molecular weight excluding hydrogens is 836 g/mol. The predicted octanol–water partition coefficient (Wildman–Crippen LogP) is 7.43. The Balaban J connectivity index is 0.000000165. The van der Waals surface area contributed by atoms with Gasteiger partial charge in [-0.3, -0.25) is 30.0 Å². The van der Waals surface area contributed by atoms with E-state index < -0.39 is 30.3 Å². The number of carboxylic acid groups (broad SMARTS) is 1. The monoisotopic (exact) mass is 874 g/mol. The smallest absolute Gasteiger partial charge is 0.414 e. The molecule has 2 aromatic heterocycles. The number of benzene rings is 6.